The van der Waals surface area contributed by atoms with Crippen molar-refractivity contribution in [2.75, 3.05) is 53.1 Å². The van der Waals surface area contributed by atoms with Gasteiger partial charge in [0.1, 0.15) is 23.9 Å². The van der Waals surface area contributed by atoms with Gasteiger partial charge in [0, 0.05) is 31.7 Å². The van der Waals surface area contributed by atoms with E-state index >= 15 is 0 Å². The van der Waals surface area contributed by atoms with E-state index in [1.54, 1.807) is 48.4 Å². The fourth-order valence-corrected chi connectivity index (χ4v) is 4.80. The SMILES string of the molecule is C=CCOc1ccc(/C(O)=C2/C(=O)C(=O)N(CCCN3CCOCC3)C2c2ccc(OC)cc2)cc1C. The maximum atomic E-state index is 13.3. The molecule has 2 aliphatic heterocycles. The van der Waals surface area contributed by atoms with Crippen LogP contribution in [0.1, 0.15) is 29.2 Å². The van der Waals surface area contributed by atoms with E-state index in [4.69, 9.17) is 14.2 Å². The van der Waals surface area contributed by atoms with Gasteiger partial charge in [-0.05, 0) is 54.8 Å². The summed E-state index contributed by atoms with van der Waals surface area (Å²) >= 11 is 0. The van der Waals surface area contributed by atoms with Gasteiger partial charge in [0.2, 0.25) is 0 Å². The molecule has 8 nitrogen and oxygen atoms in total. The number of aryl methyl sites for hydroxylation is 1. The Labute approximate surface area is 217 Å². The van der Waals surface area contributed by atoms with Crippen molar-refractivity contribution >= 4 is 17.4 Å². The van der Waals surface area contributed by atoms with Crippen LogP contribution in [0.25, 0.3) is 5.76 Å². The van der Waals surface area contributed by atoms with Crippen molar-refractivity contribution in [1.82, 2.24) is 9.80 Å². The van der Waals surface area contributed by atoms with Crippen molar-refractivity contribution in [2.24, 2.45) is 0 Å². The fraction of sp³-hybridized carbons (Fsp3) is 0.379. The molecule has 1 atom stereocenters. The third-order valence-corrected chi connectivity index (χ3v) is 6.75. The Morgan fingerprint density at radius 2 is 1.86 bits per heavy atom. The van der Waals surface area contributed by atoms with Crippen molar-refractivity contribution in [1.29, 1.82) is 0 Å². The first-order chi connectivity index (χ1) is 17.9. The number of carbonyl (C=O) groups excluding carboxylic acids is 2. The molecule has 2 saturated heterocycles. The first-order valence-corrected chi connectivity index (χ1v) is 12.5. The molecule has 2 aromatic carbocycles. The van der Waals surface area contributed by atoms with Gasteiger partial charge in [0.15, 0.2) is 0 Å². The normalized spacial score (nSPS) is 19.7. The van der Waals surface area contributed by atoms with Crippen molar-refractivity contribution in [3.63, 3.8) is 0 Å². The standard InChI is InChI=1S/C29H34N2O6/c1-4-16-37-24-11-8-22(19-20(24)2)27(32)25-26(21-6-9-23(35-3)10-7-21)31(29(34)28(25)33)13-5-12-30-14-17-36-18-15-30/h4,6-11,19,26,32H,1,5,12-18H2,2-3H3/b27-25-. The van der Waals surface area contributed by atoms with Crippen LogP contribution in [-0.4, -0.2) is 79.7 Å². The van der Waals surface area contributed by atoms with E-state index in [-0.39, 0.29) is 11.3 Å². The number of likely N-dealkylation sites (tertiary alicyclic amines) is 1. The van der Waals surface area contributed by atoms with Crippen LogP contribution < -0.4 is 9.47 Å². The summed E-state index contributed by atoms with van der Waals surface area (Å²) in [6.45, 7) is 10.2. The molecule has 0 spiro atoms. The van der Waals surface area contributed by atoms with Crippen LogP contribution in [0.4, 0.5) is 0 Å². The molecule has 1 unspecified atom stereocenters. The number of nitrogens with zero attached hydrogens (tertiary/aromatic N) is 2. The molecule has 0 bridgehead atoms. The molecule has 1 N–H and O–H groups in total. The number of benzene rings is 2. The Bertz CT molecular complexity index is 1170. The maximum Gasteiger partial charge on any atom is 0.295 e. The number of ether oxygens (including phenoxy) is 3. The van der Waals surface area contributed by atoms with Gasteiger partial charge < -0.3 is 24.2 Å². The number of ketones is 1. The van der Waals surface area contributed by atoms with E-state index in [2.05, 4.69) is 11.5 Å². The monoisotopic (exact) mass is 506 g/mol. The molecular formula is C29H34N2O6. The van der Waals surface area contributed by atoms with Crippen molar-refractivity contribution in [3.05, 3.63) is 77.4 Å². The van der Waals surface area contributed by atoms with Gasteiger partial charge in [-0.2, -0.15) is 0 Å². The van der Waals surface area contributed by atoms with Crippen LogP contribution >= 0.6 is 0 Å². The minimum absolute atomic E-state index is 0.0840. The third-order valence-electron chi connectivity index (χ3n) is 6.75. The van der Waals surface area contributed by atoms with Gasteiger partial charge in [-0.3, -0.25) is 14.5 Å². The summed E-state index contributed by atoms with van der Waals surface area (Å²) in [5.74, 6) is -0.167. The summed E-state index contributed by atoms with van der Waals surface area (Å²) in [6.07, 6.45) is 2.36. The average molecular weight is 507 g/mol. The molecule has 2 heterocycles. The zero-order valence-corrected chi connectivity index (χ0v) is 21.4. The minimum atomic E-state index is -0.701. The Kier molecular flexibility index (Phi) is 8.63. The number of aliphatic hydroxyl groups is 1. The molecule has 2 aromatic rings. The highest BCUT2D eigenvalue weighted by Gasteiger charge is 2.45. The molecule has 2 aliphatic rings. The van der Waals surface area contributed by atoms with E-state index in [9.17, 15) is 14.7 Å². The quantitative estimate of drug-likeness (QED) is 0.227. The molecule has 4 rings (SSSR count). The Morgan fingerprint density at radius 1 is 1.14 bits per heavy atom. The number of hydrogen-bond donors (Lipinski definition) is 1. The molecule has 2 fully saturated rings. The van der Waals surface area contributed by atoms with Gasteiger partial charge in [-0.25, -0.2) is 0 Å². The maximum absolute atomic E-state index is 13.3. The third kappa shape index (κ3) is 5.87. The van der Waals surface area contributed by atoms with Crippen molar-refractivity contribution in [2.45, 2.75) is 19.4 Å². The molecule has 0 aliphatic carbocycles. The van der Waals surface area contributed by atoms with Crippen LogP contribution in [-0.2, 0) is 14.3 Å². The van der Waals surface area contributed by atoms with Crippen LogP contribution in [0.15, 0.2) is 60.7 Å². The first kappa shape index (κ1) is 26.4. The van der Waals surface area contributed by atoms with Crippen LogP contribution in [0.3, 0.4) is 0 Å². The molecule has 1 amide bonds. The van der Waals surface area contributed by atoms with Crippen molar-refractivity contribution < 1.29 is 28.9 Å². The summed E-state index contributed by atoms with van der Waals surface area (Å²) in [4.78, 5) is 30.4. The van der Waals surface area contributed by atoms with Crippen LogP contribution in [0, 0.1) is 6.92 Å². The predicted molar refractivity (Wildman–Crippen MR) is 141 cm³/mol. The molecular weight excluding hydrogens is 472 g/mol. The molecule has 196 valence electrons. The highest BCUT2D eigenvalue weighted by molar-refractivity contribution is 6.46. The number of carbonyl (C=O) groups is 2. The molecule has 0 aromatic heterocycles. The van der Waals surface area contributed by atoms with E-state index in [0.29, 0.717) is 49.8 Å². The number of rotatable bonds is 10. The minimum Gasteiger partial charge on any atom is -0.507 e. The van der Waals surface area contributed by atoms with E-state index in [1.165, 1.54) is 0 Å². The largest absolute Gasteiger partial charge is 0.507 e. The second-order valence-electron chi connectivity index (χ2n) is 9.15. The summed E-state index contributed by atoms with van der Waals surface area (Å²) in [5, 5.41) is 11.4. The highest BCUT2D eigenvalue weighted by Crippen LogP contribution is 2.40. The predicted octanol–water partition coefficient (Wildman–Crippen LogP) is 3.71. The zero-order valence-electron chi connectivity index (χ0n) is 21.4. The van der Waals surface area contributed by atoms with Gasteiger partial charge in [-0.1, -0.05) is 24.8 Å². The second kappa shape index (κ2) is 12.1. The molecule has 0 radical (unpaired) electrons. The van der Waals surface area contributed by atoms with Crippen molar-refractivity contribution in [3.8, 4) is 11.5 Å². The zero-order chi connectivity index (χ0) is 26.4. The number of morpholine rings is 1. The second-order valence-corrected chi connectivity index (χ2v) is 9.15. The van der Waals surface area contributed by atoms with Gasteiger partial charge in [-0.15, -0.1) is 0 Å². The highest BCUT2D eigenvalue weighted by atomic mass is 16.5. The number of hydrogen-bond acceptors (Lipinski definition) is 7. The number of aliphatic hydroxyl groups excluding tert-OH is 1. The Balaban J connectivity index is 1.67. The molecule has 37 heavy (non-hydrogen) atoms. The van der Waals surface area contributed by atoms with E-state index in [1.807, 2.05) is 19.1 Å². The van der Waals surface area contributed by atoms with E-state index < -0.39 is 17.7 Å². The summed E-state index contributed by atoms with van der Waals surface area (Å²) < 4.78 is 16.3. The Hall–Kier alpha value is -3.62. The summed E-state index contributed by atoms with van der Waals surface area (Å²) in [5.41, 5.74) is 2.07. The van der Waals surface area contributed by atoms with Gasteiger partial charge in [0.05, 0.1) is 31.9 Å². The molecule has 8 heteroatoms. The number of Topliss-reactive ketones (excluding diaryl/α,β-unsaturated/α-hetero) is 1. The van der Waals surface area contributed by atoms with Crippen LogP contribution in [0.2, 0.25) is 0 Å². The lowest BCUT2D eigenvalue weighted by molar-refractivity contribution is -0.140. The molecule has 0 saturated carbocycles. The number of methoxy groups -OCH3 is 1. The van der Waals surface area contributed by atoms with Crippen LogP contribution in [0.5, 0.6) is 11.5 Å². The lowest BCUT2D eigenvalue weighted by Gasteiger charge is -2.29. The van der Waals surface area contributed by atoms with Gasteiger partial charge >= 0.3 is 0 Å². The summed E-state index contributed by atoms with van der Waals surface area (Å²) in [6, 6.07) is 11.7. The smallest absolute Gasteiger partial charge is 0.295 e. The summed E-state index contributed by atoms with van der Waals surface area (Å²) in [7, 11) is 1.58. The van der Waals surface area contributed by atoms with E-state index in [0.717, 1.165) is 30.8 Å². The first-order valence-electron chi connectivity index (χ1n) is 12.5. The average Bonchev–Trinajstić information content (AvgIpc) is 3.17. The Morgan fingerprint density at radius 3 is 2.51 bits per heavy atom. The topological polar surface area (TPSA) is 88.5 Å². The lowest BCUT2D eigenvalue weighted by Crippen LogP contribution is -2.38. The number of amides is 1. The lowest BCUT2D eigenvalue weighted by atomic mass is 9.94. The fourth-order valence-electron chi connectivity index (χ4n) is 4.80. The van der Waals surface area contributed by atoms with Gasteiger partial charge in [0.25, 0.3) is 11.7 Å².